The SMILES string of the molecule is Cc1cccc(N2C(=O)[C@H]3[C@@H]4C=C[C@H](C5=C(c6ccccc6)C[C@H]6C(=O)N(c7cccc(C)c7)C(=O)[C@@H]6[C@@H]54)[C@H]3C2=O)c1. The van der Waals surface area contributed by atoms with Crippen molar-refractivity contribution in [2.75, 3.05) is 9.80 Å². The molecular weight excluding hydrogens is 524 g/mol. The molecule has 1 saturated carbocycles. The van der Waals surface area contributed by atoms with Gasteiger partial charge in [-0.05, 0) is 72.7 Å². The Balaban J connectivity index is 1.29. The number of rotatable bonds is 3. The van der Waals surface area contributed by atoms with Crippen molar-refractivity contribution in [3.8, 4) is 0 Å². The molecule has 7 atom stereocenters. The molecule has 0 radical (unpaired) electrons. The smallest absolute Gasteiger partial charge is 0.238 e. The molecule has 3 aromatic rings. The van der Waals surface area contributed by atoms with Gasteiger partial charge in [0.25, 0.3) is 0 Å². The van der Waals surface area contributed by atoms with Crippen molar-refractivity contribution in [3.63, 3.8) is 0 Å². The number of carbonyl (C=O) groups is 4. The number of carbonyl (C=O) groups excluding carboxylic acids is 4. The molecule has 4 aliphatic carbocycles. The number of fused-ring (bicyclic) bond motifs is 1. The molecule has 2 heterocycles. The summed E-state index contributed by atoms with van der Waals surface area (Å²) in [5, 5.41) is 0. The van der Waals surface area contributed by atoms with Gasteiger partial charge in [-0.2, -0.15) is 0 Å². The molecule has 2 bridgehead atoms. The summed E-state index contributed by atoms with van der Waals surface area (Å²) in [6, 6.07) is 25.0. The van der Waals surface area contributed by atoms with E-state index >= 15 is 0 Å². The second-order valence-corrected chi connectivity index (χ2v) is 12.4. The Morgan fingerprint density at radius 2 is 1.19 bits per heavy atom. The van der Waals surface area contributed by atoms with Gasteiger partial charge in [-0.3, -0.25) is 24.1 Å². The number of allylic oxidation sites excluding steroid dienone is 4. The highest BCUT2D eigenvalue weighted by atomic mass is 16.2. The summed E-state index contributed by atoms with van der Waals surface area (Å²) in [6.07, 6.45) is 4.58. The lowest BCUT2D eigenvalue weighted by Gasteiger charge is -2.51. The van der Waals surface area contributed by atoms with Gasteiger partial charge in [0, 0.05) is 11.8 Å². The van der Waals surface area contributed by atoms with Crippen LogP contribution < -0.4 is 9.80 Å². The van der Waals surface area contributed by atoms with Crippen LogP contribution in [0.5, 0.6) is 0 Å². The summed E-state index contributed by atoms with van der Waals surface area (Å²) in [4.78, 5) is 59.3. The Labute approximate surface area is 244 Å². The minimum absolute atomic E-state index is 0.175. The highest BCUT2D eigenvalue weighted by molar-refractivity contribution is 6.24. The number of anilines is 2. The number of benzene rings is 3. The monoisotopic (exact) mass is 554 g/mol. The molecule has 208 valence electrons. The first kappa shape index (κ1) is 25.2. The van der Waals surface area contributed by atoms with E-state index in [4.69, 9.17) is 0 Å². The molecule has 6 heteroatoms. The van der Waals surface area contributed by atoms with Gasteiger partial charge >= 0.3 is 0 Å². The first-order valence-electron chi connectivity index (χ1n) is 14.7. The molecule has 9 rings (SSSR count). The second kappa shape index (κ2) is 8.96. The van der Waals surface area contributed by atoms with Crippen molar-refractivity contribution in [2.45, 2.75) is 20.3 Å². The summed E-state index contributed by atoms with van der Waals surface area (Å²) in [5.74, 6) is -3.90. The van der Waals surface area contributed by atoms with E-state index in [-0.39, 0.29) is 41.4 Å². The Hall–Kier alpha value is -4.58. The molecule has 0 unspecified atom stereocenters. The molecule has 0 N–H and O–H groups in total. The van der Waals surface area contributed by atoms with Crippen LogP contribution >= 0.6 is 0 Å². The van der Waals surface area contributed by atoms with Crippen molar-refractivity contribution < 1.29 is 19.2 Å². The standard InChI is InChI=1S/C36H30N2O4/c1-19-8-6-12-22(16-19)37-33(39)27-18-26(21-10-4-3-5-11-21)28-24-14-15-25(29(28)32(27)36(37)42)31-30(24)34(40)38(35(31)41)23-13-7-9-20(2)17-23/h3-17,24-25,27,29-32H,18H2,1-2H3/t24-,25-,27-,29-,30-,31+,32+/m1/s1. The van der Waals surface area contributed by atoms with E-state index in [0.29, 0.717) is 17.8 Å². The van der Waals surface area contributed by atoms with Crippen LogP contribution in [0.4, 0.5) is 11.4 Å². The Bertz CT molecular complexity index is 1770. The van der Waals surface area contributed by atoms with Crippen molar-refractivity contribution in [1.29, 1.82) is 0 Å². The zero-order valence-electron chi connectivity index (χ0n) is 23.4. The minimum atomic E-state index is -0.574. The molecule has 3 fully saturated rings. The Morgan fingerprint density at radius 1 is 0.595 bits per heavy atom. The summed E-state index contributed by atoms with van der Waals surface area (Å²) in [7, 11) is 0. The first-order chi connectivity index (χ1) is 20.3. The molecule has 42 heavy (non-hydrogen) atoms. The first-order valence-corrected chi connectivity index (χ1v) is 14.7. The molecular formula is C36H30N2O4. The number of amides is 4. The minimum Gasteiger partial charge on any atom is -0.274 e. The van der Waals surface area contributed by atoms with Crippen molar-refractivity contribution in [3.05, 3.63) is 113 Å². The quantitative estimate of drug-likeness (QED) is 0.316. The number of hydrogen-bond donors (Lipinski definition) is 0. The summed E-state index contributed by atoms with van der Waals surface area (Å²) < 4.78 is 0. The summed E-state index contributed by atoms with van der Waals surface area (Å²) in [5.41, 5.74) is 6.25. The summed E-state index contributed by atoms with van der Waals surface area (Å²) in [6.45, 7) is 3.89. The molecule has 6 nitrogen and oxygen atoms in total. The van der Waals surface area contributed by atoms with Crippen molar-refractivity contribution in [1.82, 2.24) is 0 Å². The van der Waals surface area contributed by atoms with Crippen LogP contribution in [0.15, 0.2) is 96.6 Å². The fourth-order valence-corrected chi connectivity index (χ4v) is 8.56. The molecule has 2 aliphatic heterocycles. The maximum atomic E-state index is 14.3. The van der Waals surface area contributed by atoms with Crippen LogP contribution in [0.1, 0.15) is 23.1 Å². The average Bonchev–Trinajstić information content (AvgIpc) is 3.42. The van der Waals surface area contributed by atoms with Crippen molar-refractivity contribution >= 4 is 40.6 Å². The molecule has 3 aromatic carbocycles. The third kappa shape index (κ3) is 3.32. The van der Waals surface area contributed by atoms with E-state index in [1.54, 1.807) is 0 Å². The molecule has 4 amide bonds. The maximum Gasteiger partial charge on any atom is 0.238 e. The fraction of sp³-hybridized carbons (Fsp3) is 0.278. The lowest BCUT2D eigenvalue weighted by atomic mass is 9.49. The number of aryl methyl sites for hydroxylation is 2. The van der Waals surface area contributed by atoms with Gasteiger partial charge in [0.05, 0.1) is 35.0 Å². The number of imide groups is 2. The van der Waals surface area contributed by atoms with Crippen LogP contribution in [-0.4, -0.2) is 23.6 Å². The predicted molar refractivity (Wildman–Crippen MR) is 159 cm³/mol. The van der Waals surface area contributed by atoms with Gasteiger partial charge in [0.15, 0.2) is 0 Å². The Kier molecular flexibility index (Phi) is 5.37. The van der Waals surface area contributed by atoms with Crippen LogP contribution in [0.25, 0.3) is 5.57 Å². The van der Waals surface area contributed by atoms with E-state index < -0.39 is 23.7 Å². The van der Waals surface area contributed by atoms with Crippen LogP contribution in [-0.2, 0) is 19.2 Å². The number of nitrogens with zero attached hydrogens (tertiary/aromatic N) is 2. The van der Waals surface area contributed by atoms with Gasteiger partial charge in [0.2, 0.25) is 23.6 Å². The highest BCUT2D eigenvalue weighted by Gasteiger charge is 2.67. The fourth-order valence-electron chi connectivity index (χ4n) is 8.56. The van der Waals surface area contributed by atoms with Gasteiger partial charge in [0.1, 0.15) is 0 Å². The van der Waals surface area contributed by atoms with E-state index in [1.807, 2.05) is 92.7 Å². The lowest BCUT2D eigenvalue weighted by Crippen LogP contribution is -2.51. The van der Waals surface area contributed by atoms with Gasteiger partial charge in [-0.15, -0.1) is 0 Å². The van der Waals surface area contributed by atoms with Crippen molar-refractivity contribution in [2.24, 2.45) is 41.4 Å². The van der Waals surface area contributed by atoms with Crippen LogP contribution in [0.3, 0.4) is 0 Å². The Morgan fingerprint density at radius 3 is 1.83 bits per heavy atom. The molecule has 0 spiro atoms. The van der Waals surface area contributed by atoms with Crippen LogP contribution in [0.2, 0.25) is 0 Å². The zero-order valence-corrected chi connectivity index (χ0v) is 23.4. The third-order valence-electron chi connectivity index (χ3n) is 10.2. The zero-order chi connectivity index (χ0) is 28.9. The van der Waals surface area contributed by atoms with Crippen LogP contribution in [0, 0.1) is 55.3 Å². The number of hydrogen-bond acceptors (Lipinski definition) is 4. The molecule has 6 aliphatic rings. The predicted octanol–water partition coefficient (Wildman–Crippen LogP) is 5.50. The average molecular weight is 555 g/mol. The molecule has 0 aromatic heterocycles. The van der Waals surface area contributed by atoms with Gasteiger partial charge in [-0.25, -0.2) is 4.90 Å². The van der Waals surface area contributed by atoms with Gasteiger partial charge < -0.3 is 0 Å². The van der Waals surface area contributed by atoms with E-state index in [0.717, 1.165) is 27.8 Å². The van der Waals surface area contributed by atoms with E-state index in [9.17, 15) is 19.2 Å². The van der Waals surface area contributed by atoms with E-state index in [2.05, 4.69) is 12.2 Å². The second-order valence-electron chi connectivity index (χ2n) is 12.4. The molecule has 2 saturated heterocycles. The highest BCUT2D eigenvalue weighted by Crippen LogP contribution is 2.63. The summed E-state index contributed by atoms with van der Waals surface area (Å²) >= 11 is 0. The largest absolute Gasteiger partial charge is 0.274 e. The third-order valence-corrected chi connectivity index (χ3v) is 10.2. The lowest BCUT2D eigenvalue weighted by molar-refractivity contribution is -0.129. The topological polar surface area (TPSA) is 74.8 Å². The normalized spacial score (nSPS) is 31.1. The maximum absolute atomic E-state index is 14.3. The van der Waals surface area contributed by atoms with Gasteiger partial charge in [-0.1, -0.05) is 72.3 Å². The van der Waals surface area contributed by atoms with E-state index in [1.165, 1.54) is 9.80 Å².